The fraction of sp³-hybridized carbons (Fsp3) is 0.455. The number of hydrazine groups is 1. The van der Waals surface area contributed by atoms with E-state index in [9.17, 15) is 14.4 Å². The number of aromatic nitrogens is 2. The zero-order valence-electron chi connectivity index (χ0n) is 27.0. The predicted molar refractivity (Wildman–Crippen MR) is 173 cm³/mol. The van der Waals surface area contributed by atoms with Crippen LogP contribution in [0.4, 0.5) is 10.5 Å². The average Bonchev–Trinajstić information content (AvgIpc) is 3.53. The summed E-state index contributed by atoms with van der Waals surface area (Å²) >= 11 is 0. The van der Waals surface area contributed by atoms with E-state index in [1.54, 1.807) is 32.6 Å². The van der Waals surface area contributed by atoms with E-state index in [4.69, 9.17) is 4.74 Å². The molecule has 1 N–H and O–H groups in total. The summed E-state index contributed by atoms with van der Waals surface area (Å²) in [6.45, 7) is 15.4. The first kappa shape index (κ1) is 32.5. The van der Waals surface area contributed by atoms with Crippen molar-refractivity contribution < 1.29 is 19.1 Å². The zero-order chi connectivity index (χ0) is 32.2. The Bertz CT molecular complexity index is 1520. The van der Waals surface area contributed by atoms with Gasteiger partial charge in [-0.2, -0.15) is 5.10 Å². The Labute approximate surface area is 260 Å². The van der Waals surface area contributed by atoms with Gasteiger partial charge in [0, 0.05) is 57.9 Å². The second kappa shape index (κ2) is 13.5. The number of anilines is 1. The summed E-state index contributed by atoms with van der Waals surface area (Å²) in [5.41, 5.74) is 5.12. The number of carbonyl (C=O) groups excluding carboxylic acids is 3. The summed E-state index contributed by atoms with van der Waals surface area (Å²) in [5, 5.41) is 12.1. The summed E-state index contributed by atoms with van der Waals surface area (Å²) in [6, 6.07) is 12.2. The molecule has 11 nitrogen and oxygen atoms in total. The van der Waals surface area contributed by atoms with Crippen molar-refractivity contribution in [2.75, 3.05) is 44.7 Å². The third-order valence-corrected chi connectivity index (χ3v) is 7.74. The molecule has 11 heteroatoms. The molecule has 4 rings (SSSR count). The van der Waals surface area contributed by atoms with E-state index in [1.165, 1.54) is 11.1 Å². The Morgan fingerprint density at radius 2 is 1.77 bits per heavy atom. The fourth-order valence-corrected chi connectivity index (χ4v) is 5.36. The molecule has 1 aliphatic rings. The smallest absolute Gasteiger partial charge is 0.410 e. The first-order valence-electron chi connectivity index (χ1n) is 15.0. The van der Waals surface area contributed by atoms with Gasteiger partial charge < -0.3 is 19.9 Å². The maximum Gasteiger partial charge on any atom is 0.410 e. The van der Waals surface area contributed by atoms with Crippen molar-refractivity contribution in [3.63, 3.8) is 0 Å². The van der Waals surface area contributed by atoms with Crippen LogP contribution in [0.3, 0.4) is 0 Å². The lowest BCUT2D eigenvalue weighted by molar-refractivity contribution is -0.145. The largest absolute Gasteiger partial charge is 0.444 e. The number of hydrogen-bond donors (Lipinski definition) is 1. The molecule has 44 heavy (non-hydrogen) atoms. The van der Waals surface area contributed by atoms with Crippen LogP contribution in [0.1, 0.15) is 50.1 Å². The molecule has 0 aliphatic carbocycles. The molecule has 236 valence electrons. The second-order valence-electron chi connectivity index (χ2n) is 12.1. The molecular formula is C33H45N7O4. The van der Waals surface area contributed by atoms with Gasteiger partial charge in [-0.15, -0.1) is 0 Å². The Balaban J connectivity index is 1.51. The standard InChI is InChI=1S/C33H45N7O4/c1-9-27-26-17-23(3)28(18-29(26)36(7)35-27)39(21-30(41)34-15-16-38(10-2)32(43)44-33(4,5)6)22-31(42)37(8)40-19-24-13-11-12-14-25(24)20-40/h9,11-14,17-18H,1,10,15-16,19-22H2,2-8H3,(H,34,41). The van der Waals surface area contributed by atoms with Crippen molar-refractivity contribution in [3.8, 4) is 0 Å². The third kappa shape index (κ3) is 7.57. The lowest BCUT2D eigenvalue weighted by Crippen LogP contribution is -2.48. The quantitative estimate of drug-likeness (QED) is 0.352. The fourth-order valence-electron chi connectivity index (χ4n) is 5.36. The van der Waals surface area contributed by atoms with Gasteiger partial charge in [-0.3, -0.25) is 19.3 Å². The topological polar surface area (TPSA) is 103 Å². The number of likely N-dealkylation sites (N-methyl/N-ethyl adjacent to an activating group) is 2. The van der Waals surface area contributed by atoms with Crippen LogP contribution in [0.2, 0.25) is 0 Å². The van der Waals surface area contributed by atoms with Crippen LogP contribution < -0.4 is 10.2 Å². The molecule has 1 aliphatic heterocycles. The van der Waals surface area contributed by atoms with Gasteiger partial charge in [-0.05, 0) is 69.5 Å². The van der Waals surface area contributed by atoms with E-state index < -0.39 is 11.7 Å². The maximum absolute atomic E-state index is 13.7. The lowest BCUT2D eigenvalue weighted by atomic mass is 10.1. The molecule has 0 saturated heterocycles. The van der Waals surface area contributed by atoms with E-state index in [2.05, 4.69) is 29.1 Å². The van der Waals surface area contributed by atoms with Gasteiger partial charge in [-0.25, -0.2) is 9.80 Å². The van der Waals surface area contributed by atoms with Crippen LogP contribution in [0.5, 0.6) is 0 Å². The molecule has 0 spiro atoms. The van der Waals surface area contributed by atoms with Crippen LogP contribution in [-0.2, 0) is 34.5 Å². The van der Waals surface area contributed by atoms with E-state index in [-0.39, 0.29) is 31.4 Å². The molecule has 0 saturated carbocycles. The molecule has 0 atom stereocenters. The minimum Gasteiger partial charge on any atom is -0.444 e. The first-order chi connectivity index (χ1) is 20.8. The Hall–Kier alpha value is -4.38. The van der Waals surface area contributed by atoms with E-state index in [1.807, 2.05) is 70.9 Å². The molecule has 2 heterocycles. The maximum atomic E-state index is 13.7. The van der Waals surface area contributed by atoms with Gasteiger partial charge in [0.25, 0.3) is 5.91 Å². The highest BCUT2D eigenvalue weighted by Gasteiger charge is 2.28. The SMILES string of the molecule is C=Cc1nn(C)c2cc(N(CC(=O)NCCN(CC)C(=O)OC(C)(C)C)CC(=O)N(C)N3Cc4ccccc4C3)c(C)cc12. The van der Waals surface area contributed by atoms with Gasteiger partial charge in [0.1, 0.15) is 5.60 Å². The normalized spacial score (nSPS) is 13.0. The van der Waals surface area contributed by atoms with Crippen molar-refractivity contribution in [2.24, 2.45) is 7.05 Å². The van der Waals surface area contributed by atoms with E-state index in [0.717, 1.165) is 27.8 Å². The van der Waals surface area contributed by atoms with Crippen molar-refractivity contribution >= 4 is 40.6 Å². The molecule has 0 bridgehead atoms. The summed E-state index contributed by atoms with van der Waals surface area (Å²) in [4.78, 5) is 42.8. The molecule has 1 aromatic heterocycles. The van der Waals surface area contributed by atoms with Crippen molar-refractivity contribution in [1.29, 1.82) is 0 Å². The monoisotopic (exact) mass is 603 g/mol. The Kier molecular flexibility index (Phi) is 9.98. The molecular weight excluding hydrogens is 558 g/mol. The number of benzene rings is 2. The molecule has 0 unspecified atom stereocenters. The number of carbonyl (C=O) groups is 3. The number of ether oxygens (including phenoxy) is 1. The summed E-state index contributed by atoms with van der Waals surface area (Å²) in [6.07, 6.45) is 1.29. The Morgan fingerprint density at radius 1 is 1.11 bits per heavy atom. The third-order valence-electron chi connectivity index (χ3n) is 7.74. The first-order valence-corrected chi connectivity index (χ1v) is 15.0. The number of nitrogens with zero attached hydrogens (tertiary/aromatic N) is 6. The van der Waals surface area contributed by atoms with E-state index >= 15 is 0 Å². The van der Waals surface area contributed by atoms with Crippen LogP contribution in [-0.4, -0.2) is 88.0 Å². The highest BCUT2D eigenvalue weighted by atomic mass is 16.6. The van der Waals surface area contributed by atoms with Crippen LogP contribution in [0, 0.1) is 6.92 Å². The van der Waals surface area contributed by atoms with Crippen LogP contribution >= 0.6 is 0 Å². The number of hydrogen-bond acceptors (Lipinski definition) is 7. The summed E-state index contributed by atoms with van der Waals surface area (Å²) < 4.78 is 7.25. The zero-order valence-corrected chi connectivity index (χ0v) is 27.0. The number of nitrogens with one attached hydrogen (secondary N) is 1. The Morgan fingerprint density at radius 3 is 2.36 bits per heavy atom. The van der Waals surface area contributed by atoms with Crippen molar-refractivity contribution in [3.05, 3.63) is 65.4 Å². The average molecular weight is 604 g/mol. The van der Waals surface area contributed by atoms with Crippen molar-refractivity contribution in [1.82, 2.24) is 30.0 Å². The number of fused-ring (bicyclic) bond motifs is 2. The van der Waals surface area contributed by atoms with Gasteiger partial charge in [0.15, 0.2) is 0 Å². The number of amides is 3. The van der Waals surface area contributed by atoms with Gasteiger partial charge in [0.2, 0.25) is 5.91 Å². The minimum atomic E-state index is -0.606. The minimum absolute atomic E-state index is 0.00568. The van der Waals surface area contributed by atoms with E-state index in [0.29, 0.717) is 26.2 Å². The van der Waals surface area contributed by atoms with Crippen LogP contribution in [0.15, 0.2) is 43.0 Å². The van der Waals surface area contributed by atoms with Gasteiger partial charge >= 0.3 is 6.09 Å². The molecule has 3 amide bonds. The summed E-state index contributed by atoms with van der Waals surface area (Å²) in [5.74, 6) is -0.394. The highest BCUT2D eigenvalue weighted by molar-refractivity contribution is 5.93. The molecule has 2 aromatic carbocycles. The molecule has 0 fully saturated rings. The molecule has 3 aromatic rings. The van der Waals surface area contributed by atoms with Crippen LogP contribution in [0.25, 0.3) is 17.0 Å². The lowest BCUT2D eigenvalue weighted by Gasteiger charge is -2.32. The predicted octanol–water partition coefficient (Wildman–Crippen LogP) is 4.09. The highest BCUT2D eigenvalue weighted by Crippen LogP contribution is 2.29. The van der Waals surface area contributed by atoms with Gasteiger partial charge in [0.05, 0.1) is 24.3 Å². The molecule has 0 radical (unpaired) electrons. The van der Waals surface area contributed by atoms with Crippen molar-refractivity contribution in [2.45, 2.75) is 53.3 Å². The van der Waals surface area contributed by atoms with Gasteiger partial charge in [-0.1, -0.05) is 30.8 Å². The number of aryl methyl sites for hydroxylation is 2. The number of rotatable bonds is 11. The summed E-state index contributed by atoms with van der Waals surface area (Å²) in [7, 11) is 3.63. The second-order valence-corrected chi connectivity index (χ2v) is 12.1.